The lowest BCUT2D eigenvalue weighted by Gasteiger charge is -2.21. The van der Waals surface area contributed by atoms with Crippen molar-refractivity contribution in [2.45, 2.75) is 25.1 Å². The molecule has 0 bridgehead atoms. The summed E-state index contributed by atoms with van der Waals surface area (Å²) in [6.07, 6.45) is 1.92. The first-order chi connectivity index (χ1) is 10.0. The summed E-state index contributed by atoms with van der Waals surface area (Å²) in [5, 5.41) is 13.1. The third-order valence-corrected chi connectivity index (χ3v) is 4.65. The first kappa shape index (κ1) is 15.8. The van der Waals surface area contributed by atoms with Gasteiger partial charge in [-0.05, 0) is 44.4 Å². The van der Waals surface area contributed by atoms with Gasteiger partial charge in [-0.1, -0.05) is 6.07 Å². The van der Waals surface area contributed by atoms with E-state index < -0.39 is 0 Å². The van der Waals surface area contributed by atoms with Gasteiger partial charge in [-0.25, -0.2) is 0 Å². The summed E-state index contributed by atoms with van der Waals surface area (Å²) in [5.74, 6) is -0.127. The molecule has 2 unspecified atom stereocenters. The van der Waals surface area contributed by atoms with Crippen molar-refractivity contribution in [1.82, 2.24) is 10.3 Å². The molecule has 2 atom stereocenters. The number of fused-ring (bicyclic) bond motifs is 1. The van der Waals surface area contributed by atoms with Gasteiger partial charge in [-0.15, -0.1) is 0 Å². The first-order valence-electron chi connectivity index (χ1n) is 6.87. The summed E-state index contributed by atoms with van der Waals surface area (Å²) >= 11 is 1.54. The van der Waals surface area contributed by atoms with Crippen molar-refractivity contribution in [3.05, 3.63) is 41.6 Å². The van der Waals surface area contributed by atoms with Crippen molar-refractivity contribution in [2.75, 3.05) is 12.9 Å². The third-order valence-electron chi connectivity index (χ3n) is 3.49. The van der Waals surface area contributed by atoms with Crippen molar-refractivity contribution in [2.24, 2.45) is 0 Å². The highest BCUT2D eigenvalue weighted by Gasteiger charge is 2.18. The first-order valence-corrected chi connectivity index (χ1v) is 8.16. The van der Waals surface area contributed by atoms with Gasteiger partial charge in [0, 0.05) is 27.9 Å². The number of nitrogens with zero attached hydrogens (tertiary/aromatic N) is 1. The number of aromatic nitrogens is 1. The molecule has 2 aromatic rings. The molecule has 21 heavy (non-hydrogen) atoms. The molecule has 2 rings (SSSR count). The maximum absolute atomic E-state index is 12.3. The third kappa shape index (κ3) is 3.74. The molecule has 0 aliphatic rings. The zero-order valence-electron chi connectivity index (χ0n) is 12.5. The minimum Gasteiger partial charge on any atom is -0.395 e. The van der Waals surface area contributed by atoms with E-state index in [9.17, 15) is 9.90 Å². The summed E-state index contributed by atoms with van der Waals surface area (Å²) in [4.78, 5) is 16.7. The van der Waals surface area contributed by atoms with Gasteiger partial charge in [-0.2, -0.15) is 11.8 Å². The van der Waals surface area contributed by atoms with Gasteiger partial charge in [-0.3, -0.25) is 9.78 Å². The predicted octanol–water partition coefficient (Wildman–Crippen LogP) is 2.39. The van der Waals surface area contributed by atoms with E-state index in [4.69, 9.17) is 0 Å². The van der Waals surface area contributed by atoms with Crippen LogP contribution in [0.1, 0.15) is 23.0 Å². The predicted molar refractivity (Wildman–Crippen MR) is 87.8 cm³/mol. The molecule has 5 heteroatoms. The second-order valence-electron chi connectivity index (χ2n) is 5.08. The van der Waals surface area contributed by atoms with Crippen LogP contribution in [0.5, 0.6) is 0 Å². The van der Waals surface area contributed by atoms with E-state index in [1.54, 1.807) is 17.8 Å². The molecule has 0 fully saturated rings. The van der Waals surface area contributed by atoms with Crippen molar-refractivity contribution >= 4 is 28.6 Å². The highest BCUT2D eigenvalue weighted by atomic mass is 32.2. The number of benzene rings is 1. The highest BCUT2D eigenvalue weighted by molar-refractivity contribution is 7.99. The number of carbonyl (C=O) groups excluding carboxylic acids is 1. The Morgan fingerprint density at radius 1 is 1.38 bits per heavy atom. The summed E-state index contributed by atoms with van der Waals surface area (Å²) < 4.78 is 0. The largest absolute Gasteiger partial charge is 0.395 e. The number of aliphatic hydroxyl groups excluding tert-OH is 1. The summed E-state index contributed by atoms with van der Waals surface area (Å²) in [6.45, 7) is 3.89. The fourth-order valence-corrected chi connectivity index (χ4v) is 2.81. The number of thioether (sulfide) groups is 1. The zero-order chi connectivity index (χ0) is 15.4. The Balaban J connectivity index is 2.17. The Hall–Kier alpha value is -1.59. The van der Waals surface area contributed by atoms with Crippen molar-refractivity contribution in [1.29, 1.82) is 0 Å². The van der Waals surface area contributed by atoms with E-state index in [1.165, 1.54) is 0 Å². The van der Waals surface area contributed by atoms with E-state index in [2.05, 4.69) is 10.3 Å². The molecule has 1 aromatic carbocycles. The Morgan fingerprint density at radius 2 is 2.14 bits per heavy atom. The number of hydrogen-bond donors (Lipinski definition) is 2. The van der Waals surface area contributed by atoms with Gasteiger partial charge in [0.15, 0.2) is 0 Å². The highest BCUT2D eigenvalue weighted by Crippen LogP contribution is 2.16. The SMILES string of the molecule is CSC(CO)C(C)NC(=O)c1ccc2nc(C)ccc2c1. The van der Waals surface area contributed by atoms with E-state index in [0.29, 0.717) is 5.56 Å². The Morgan fingerprint density at radius 3 is 2.81 bits per heavy atom. The topological polar surface area (TPSA) is 62.2 Å². The molecular formula is C16H20N2O2S. The lowest BCUT2D eigenvalue weighted by molar-refractivity contribution is 0.0936. The molecule has 0 saturated heterocycles. The van der Waals surface area contributed by atoms with Crippen LogP contribution in [0.25, 0.3) is 10.9 Å². The second kappa shape index (κ2) is 6.91. The number of rotatable bonds is 5. The molecule has 0 saturated carbocycles. The van der Waals surface area contributed by atoms with Crippen LogP contribution in [-0.4, -0.2) is 40.2 Å². The summed E-state index contributed by atoms with van der Waals surface area (Å²) in [6, 6.07) is 9.29. The number of pyridine rings is 1. The lowest BCUT2D eigenvalue weighted by Crippen LogP contribution is -2.41. The van der Waals surface area contributed by atoms with Crippen molar-refractivity contribution in [3.8, 4) is 0 Å². The molecule has 1 aromatic heterocycles. The number of nitrogens with one attached hydrogen (secondary N) is 1. The zero-order valence-corrected chi connectivity index (χ0v) is 13.3. The Kier molecular flexibility index (Phi) is 5.20. The maximum atomic E-state index is 12.3. The van der Waals surface area contributed by atoms with E-state index in [-0.39, 0.29) is 23.8 Å². The van der Waals surface area contributed by atoms with Gasteiger partial charge in [0.1, 0.15) is 0 Å². The fourth-order valence-electron chi connectivity index (χ4n) is 2.19. The van der Waals surface area contributed by atoms with Gasteiger partial charge < -0.3 is 10.4 Å². The van der Waals surface area contributed by atoms with E-state index in [0.717, 1.165) is 16.6 Å². The summed E-state index contributed by atoms with van der Waals surface area (Å²) in [7, 11) is 0. The molecule has 0 aliphatic carbocycles. The normalized spacial score (nSPS) is 13.9. The summed E-state index contributed by atoms with van der Waals surface area (Å²) in [5.41, 5.74) is 2.45. The van der Waals surface area contributed by atoms with Crippen molar-refractivity contribution in [3.63, 3.8) is 0 Å². The van der Waals surface area contributed by atoms with Gasteiger partial charge in [0.2, 0.25) is 0 Å². The van der Waals surface area contributed by atoms with Gasteiger partial charge >= 0.3 is 0 Å². The molecular weight excluding hydrogens is 284 g/mol. The maximum Gasteiger partial charge on any atom is 0.251 e. The van der Waals surface area contributed by atoms with Crippen LogP contribution >= 0.6 is 11.8 Å². The van der Waals surface area contributed by atoms with Crippen LogP contribution in [0.4, 0.5) is 0 Å². The van der Waals surface area contributed by atoms with Crippen molar-refractivity contribution < 1.29 is 9.90 Å². The minimum absolute atomic E-state index is 0.00118. The van der Waals surface area contributed by atoms with E-state index in [1.807, 2.05) is 44.4 Å². The van der Waals surface area contributed by atoms with Gasteiger partial charge in [0.25, 0.3) is 5.91 Å². The number of aliphatic hydroxyl groups is 1. The molecule has 0 radical (unpaired) electrons. The number of hydrogen-bond acceptors (Lipinski definition) is 4. The second-order valence-corrected chi connectivity index (χ2v) is 6.16. The quantitative estimate of drug-likeness (QED) is 0.890. The average molecular weight is 304 g/mol. The lowest BCUT2D eigenvalue weighted by atomic mass is 10.1. The monoisotopic (exact) mass is 304 g/mol. The van der Waals surface area contributed by atoms with Crippen LogP contribution in [0.3, 0.4) is 0 Å². The number of carbonyl (C=O) groups is 1. The molecule has 1 heterocycles. The Bertz CT molecular complexity index is 641. The molecule has 1 amide bonds. The average Bonchev–Trinajstić information content (AvgIpc) is 2.47. The van der Waals surface area contributed by atoms with Crippen LogP contribution in [0.2, 0.25) is 0 Å². The number of aryl methyl sites for hydroxylation is 1. The minimum atomic E-state index is -0.127. The van der Waals surface area contributed by atoms with Gasteiger partial charge in [0.05, 0.1) is 12.1 Å². The molecule has 112 valence electrons. The van der Waals surface area contributed by atoms with Crippen LogP contribution < -0.4 is 5.32 Å². The number of amides is 1. The fraction of sp³-hybridized carbons (Fsp3) is 0.375. The molecule has 2 N–H and O–H groups in total. The molecule has 0 aliphatic heterocycles. The Labute approximate surface area is 129 Å². The van der Waals surface area contributed by atoms with Crippen LogP contribution in [0.15, 0.2) is 30.3 Å². The standard InChI is InChI=1S/C16H20N2O2S/c1-10-4-5-12-8-13(6-7-14(12)17-10)16(20)18-11(2)15(9-19)21-3/h4-8,11,15,19H,9H2,1-3H3,(H,18,20). The van der Waals surface area contributed by atoms with Crippen LogP contribution in [0, 0.1) is 6.92 Å². The van der Waals surface area contributed by atoms with E-state index >= 15 is 0 Å². The van der Waals surface area contributed by atoms with Crippen LogP contribution in [-0.2, 0) is 0 Å². The molecule has 4 nitrogen and oxygen atoms in total. The smallest absolute Gasteiger partial charge is 0.251 e. The molecule has 0 spiro atoms.